The lowest BCUT2D eigenvalue weighted by molar-refractivity contribution is 0.354. The van der Waals surface area contributed by atoms with Crippen molar-refractivity contribution in [3.8, 4) is 11.5 Å². The highest BCUT2D eigenvalue weighted by atomic mass is 35.5. The summed E-state index contributed by atoms with van der Waals surface area (Å²) in [5.74, 6) is 1.35. The maximum absolute atomic E-state index is 6.13. The van der Waals surface area contributed by atoms with Crippen LogP contribution in [-0.4, -0.2) is 19.3 Å². The molecule has 0 spiro atoms. The Morgan fingerprint density at radius 2 is 1.75 bits per heavy atom. The minimum atomic E-state index is -0.0391. The number of ether oxygens (including phenoxy) is 2. The molecule has 2 aromatic rings. The zero-order valence-electron chi connectivity index (χ0n) is 13.5. The van der Waals surface area contributed by atoms with E-state index in [4.69, 9.17) is 44.9 Å². The number of nitrogens with one attached hydrogen (secondary N) is 2. The first-order valence-corrected chi connectivity index (χ1v) is 8.35. The van der Waals surface area contributed by atoms with E-state index in [9.17, 15) is 0 Å². The van der Waals surface area contributed by atoms with Crippen LogP contribution in [0.15, 0.2) is 36.4 Å². The van der Waals surface area contributed by atoms with Crippen molar-refractivity contribution in [2.45, 2.75) is 13.0 Å². The number of thiocarbonyl (C=S) groups is 1. The molecule has 24 heavy (non-hydrogen) atoms. The molecule has 0 aliphatic carbocycles. The first-order valence-electron chi connectivity index (χ1n) is 7.19. The number of anilines is 1. The molecule has 2 N–H and O–H groups in total. The third-order valence-corrected chi connectivity index (χ3v) is 4.22. The molecule has 0 bridgehead atoms. The van der Waals surface area contributed by atoms with Crippen molar-refractivity contribution in [1.82, 2.24) is 5.32 Å². The van der Waals surface area contributed by atoms with Crippen molar-refractivity contribution in [3.63, 3.8) is 0 Å². The Bertz CT molecular complexity index is 741. The molecule has 0 aromatic heterocycles. The van der Waals surface area contributed by atoms with Crippen molar-refractivity contribution in [3.05, 3.63) is 52.0 Å². The smallest absolute Gasteiger partial charge is 0.171 e. The maximum Gasteiger partial charge on any atom is 0.171 e. The van der Waals surface area contributed by atoms with Crippen molar-refractivity contribution in [2.75, 3.05) is 19.5 Å². The summed E-state index contributed by atoms with van der Waals surface area (Å²) < 4.78 is 10.6. The first-order chi connectivity index (χ1) is 11.4. The molecule has 7 heteroatoms. The van der Waals surface area contributed by atoms with E-state index in [1.165, 1.54) is 0 Å². The third kappa shape index (κ3) is 4.66. The molecule has 1 unspecified atom stereocenters. The second-order valence-electron chi connectivity index (χ2n) is 5.06. The van der Waals surface area contributed by atoms with E-state index in [2.05, 4.69) is 10.6 Å². The van der Waals surface area contributed by atoms with Gasteiger partial charge in [-0.05, 0) is 55.0 Å². The van der Waals surface area contributed by atoms with Crippen LogP contribution in [-0.2, 0) is 0 Å². The lowest BCUT2D eigenvalue weighted by Crippen LogP contribution is -2.31. The molecule has 0 heterocycles. The quantitative estimate of drug-likeness (QED) is 0.705. The number of hydrogen-bond acceptors (Lipinski definition) is 3. The highest BCUT2D eigenvalue weighted by Crippen LogP contribution is 2.30. The topological polar surface area (TPSA) is 42.5 Å². The van der Waals surface area contributed by atoms with E-state index in [-0.39, 0.29) is 6.04 Å². The fraction of sp³-hybridized carbons (Fsp3) is 0.235. The van der Waals surface area contributed by atoms with E-state index in [1.807, 2.05) is 25.1 Å². The van der Waals surface area contributed by atoms with Gasteiger partial charge in [0.05, 0.1) is 31.0 Å². The Hall–Kier alpha value is -1.69. The molecule has 128 valence electrons. The van der Waals surface area contributed by atoms with Gasteiger partial charge in [0.15, 0.2) is 16.6 Å². The van der Waals surface area contributed by atoms with Gasteiger partial charge in [-0.2, -0.15) is 0 Å². The Morgan fingerprint density at radius 1 is 1.04 bits per heavy atom. The normalized spacial score (nSPS) is 11.5. The van der Waals surface area contributed by atoms with E-state index in [1.54, 1.807) is 32.4 Å². The van der Waals surface area contributed by atoms with Crippen molar-refractivity contribution in [1.29, 1.82) is 0 Å². The van der Waals surface area contributed by atoms with Crippen LogP contribution in [0.2, 0.25) is 10.0 Å². The molecule has 1 atom stereocenters. The van der Waals surface area contributed by atoms with Gasteiger partial charge in [0, 0.05) is 5.02 Å². The molecule has 2 aromatic carbocycles. The fourth-order valence-electron chi connectivity index (χ4n) is 2.15. The summed E-state index contributed by atoms with van der Waals surface area (Å²) in [6, 6.07) is 10.8. The van der Waals surface area contributed by atoms with E-state index < -0.39 is 0 Å². The van der Waals surface area contributed by atoms with Gasteiger partial charge >= 0.3 is 0 Å². The van der Waals surface area contributed by atoms with Crippen LogP contribution < -0.4 is 20.1 Å². The Morgan fingerprint density at radius 3 is 2.42 bits per heavy atom. The fourth-order valence-corrected chi connectivity index (χ4v) is 2.78. The van der Waals surface area contributed by atoms with Crippen LogP contribution in [0.4, 0.5) is 5.69 Å². The molecular weight excluding hydrogens is 367 g/mol. The molecule has 2 rings (SSSR count). The van der Waals surface area contributed by atoms with E-state index in [0.717, 1.165) is 5.56 Å². The average Bonchev–Trinajstić information content (AvgIpc) is 2.57. The number of halogens is 2. The molecular formula is C17H18Cl2N2O2S. The zero-order valence-corrected chi connectivity index (χ0v) is 15.9. The van der Waals surface area contributed by atoms with Crippen molar-refractivity contribution in [2.24, 2.45) is 0 Å². The predicted molar refractivity (Wildman–Crippen MR) is 104 cm³/mol. The Kier molecular flexibility index (Phi) is 6.54. The summed E-state index contributed by atoms with van der Waals surface area (Å²) in [5.41, 5.74) is 1.66. The van der Waals surface area contributed by atoms with Crippen molar-refractivity contribution >= 4 is 46.2 Å². The van der Waals surface area contributed by atoms with Gasteiger partial charge in [-0.1, -0.05) is 29.3 Å². The predicted octanol–water partition coefficient (Wildman–Crippen LogP) is 5.06. The Labute approximate surface area is 157 Å². The molecule has 0 amide bonds. The third-order valence-electron chi connectivity index (χ3n) is 3.43. The SMILES string of the molecule is COc1ccc(C(C)NC(=S)Nc2cc(Cl)ccc2Cl)cc1OC. The number of hydrogen-bond donors (Lipinski definition) is 2. The second-order valence-corrected chi connectivity index (χ2v) is 6.31. The van der Waals surface area contributed by atoms with Crippen LogP contribution in [0, 0.1) is 0 Å². The number of methoxy groups -OCH3 is 2. The highest BCUT2D eigenvalue weighted by molar-refractivity contribution is 7.80. The number of benzene rings is 2. The summed E-state index contributed by atoms with van der Waals surface area (Å²) in [6.07, 6.45) is 0. The van der Waals surface area contributed by atoms with Gasteiger partial charge in [-0.3, -0.25) is 0 Å². The standard InChI is InChI=1S/C17H18Cl2N2O2S/c1-10(11-4-7-15(22-2)16(8-11)23-3)20-17(24)21-14-9-12(18)5-6-13(14)19/h4-10H,1-3H3,(H2,20,21,24). The van der Waals surface area contributed by atoms with Crippen LogP contribution in [0.25, 0.3) is 0 Å². The summed E-state index contributed by atoms with van der Waals surface area (Å²) >= 11 is 17.4. The van der Waals surface area contributed by atoms with Gasteiger partial charge in [0.2, 0.25) is 0 Å². The highest BCUT2D eigenvalue weighted by Gasteiger charge is 2.12. The second kappa shape index (κ2) is 8.42. The molecule has 0 radical (unpaired) electrons. The monoisotopic (exact) mass is 384 g/mol. The summed E-state index contributed by atoms with van der Waals surface area (Å²) in [7, 11) is 3.21. The molecule has 0 fully saturated rings. The number of rotatable bonds is 5. The van der Waals surface area contributed by atoms with Crippen molar-refractivity contribution < 1.29 is 9.47 Å². The van der Waals surface area contributed by atoms with Gasteiger partial charge < -0.3 is 20.1 Å². The van der Waals surface area contributed by atoms with Gasteiger partial charge in [0.25, 0.3) is 0 Å². The minimum absolute atomic E-state index is 0.0391. The maximum atomic E-state index is 6.13. The molecule has 0 aliphatic heterocycles. The minimum Gasteiger partial charge on any atom is -0.493 e. The summed E-state index contributed by atoms with van der Waals surface area (Å²) in [6.45, 7) is 1.99. The summed E-state index contributed by atoms with van der Waals surface area (Å²) in [4.78, 5) is 0. The van der Waals surface area contributed by atoms with Gasteiger partial charge in [0.1, 0.15) is 0 Å². The lowest BCUT2D eigenvalue weighted by atomic mass is 10.1. The van der Waals surface area contributed by atoms with E-state index in [0.29, 0.717) is 32.3 Å². The van der Waals surface area contributed by atoms with Gasteiger partial charge in [-0.15, -0.1) is 0 Å². The van der Waals surface area contributed by atoms with Crippen LogP contribution >= 0.6 is 35.4 Å². The van der Waals surface area contributed by atoms with Crippen LogP contribution in [0.1, 0.15) is 18.5 Å². The van der Waals surface area contributed by atoms with Gasteiger partial charge in [-0.25, -0.2) is 0 Å². The van der Waals surface area contributed by atoms with Crippen LogP contribution in [0.3, 0.4) is 0 Å². The summed E-state index contributed by atoms with van der Waals surface area (Å²) in [5, 5.41) is 7.82. The van der Waals surface area contributed by atoms with E-state index >= 15 is 0 Å². The zero-order chi connectivity index (χ0) is 17.7. The lowest BCUT2D eigenvalue weighted by Gasteiger charge is -2.19. The molecule has 0 saturated heterocycles. The first kappa shape index (κ1) is 18.6. The Balaban J connectivity index is 2.07. The average molecular weight is 385 g/mol. The van der Waals surface area contributed by atoms with Crippen LogP contribution in [0.5, 0.6) is 11.5 Å². The molecule has 4 nitrogen and oxygen atoms in total. The molecule has 0 aliphatic rings. The largest absolute Gasteiger partial charge is 0.493 e. The molecule has 0 saturated carbocycles.